The van der Waals surface area contributed by atoms with E-state index in [4.69, 9.17) is 11.6 Å². The van der Waals surface area contributed by atoms with E-state index in [1.54, 1.807) is 0 Å². The lowest BCUT2D eigenvalue weighted by Gasteiger charge is -2.13. The number of hydrogen-bond acceptors (Lipinski definition) is 3. The van der Waals surface area contributed by atoms with Gasteiger partial charge in [-0.1, -0.05) is 25.4 Å². The van der Waals surface area contributed by atoms with E-state index in [-0.39, 0.29) is 28.6 Å². The van der Waals surface area contributed by atoms with Crippen molar-refractivity contribution in [1.29, 1.82) is 0 Å². The Balaban J connectivity index is 3.00. The molecular formula is C12H15ClFNO3. The van der Waals surface area contributed by atoms with Crippen molar-refractivity contribution in [3.63, 3.8) is 0 Å². The first-order chi connectivity index (χ1) is 8.31. The molecule has 0 saturated carbocycles. The maximum atomic E-state index is 13.3. The summed E-state index contributed by atoms with van der Waals surface area (Å²) in [6.45, 7) is 3.86. The number of nitrogens with zero attached hydrogens (tertiary/aromatic N) is 1. The second kappa shape index (κ2) is 6.11. The van der Waals surface area contributed by atoms with E-state index < -0.39 is 16.8 Å². The highest BCUT2D eigenvalue weighted by Crippen LogP contribution is 2.27. The Bertz CT molecular complexity index is 451. The Labute approximate surface area is 110 Å². The van der Waals surface area contributed by atoms with E-state index in [1.807, 2.05) is 13.8 Å². The lowest BCUT2D eigenvalue weighted by Crippen LogP contribution is -2.14. The molecule has 0 fully saturated rings. The topological polar surface area (TPSA) is 63.4 Å². The lowest BCUT2D eigenvalue weighted by atomic mass is 9.98. The van der Waals surface area contributed by atoms with Crippen LogP contribution in [0.15, 0.2) is 12.1 Å². The smallest absolute Gasteiger partial charge is 0.274 e. The van der Waals surface area contributed by atoms with Gasteiger partial charge in [-0.2, -0.15) is 0 Å². The zero-order valence-corrected chi connectivity index (χ0v) is 10.9. The second-order valence-electron chi connectivity index (χ2n) is 4.64. The first-order valence-electron chi connectivity index (χ1n) is 5.61. The van der Waals surface area contributed by atoms with Crippen molar-refractivity contribution in [2.75, 3.05) is 0 Å². The van der Waals surface area contributed by atoms with Gasteiger partial charge < -0.3 is 5.11 Å². The van der Waals surface area contributed by atoms with E-state index in [0.717, 1.165) is 12.1 Å². The van der Waals surface area contributed by atoms with Gasteiger partial charge in [0.1, 0.15) is 5.82 Å². The number of halogens is 2. The number of aliphatic hydroxyl groups excluding tert-OH is 1. The molecule has 0 saturated heterocycles. The standard InChI is InChI=1S/C12H15ClFNO3/c1-7(2)3-9(16)4-8-5-11(14)10(13)6-12(8)15(17)18/h5-7,9,16H,3-4H2,1-2H3. The number of nitro benzene ring substituents is 1. The van der Waals surface area contributed by atoms with E-state index in [0.29, 0.717) is 6.42 Å². The number of benzene rings is 1. The third-order valence-corrected chi connectivity index (χ3v) is 2.81. The first-order valence-corrected chi connectivity index (χ1v) is 5.99. The van der Waals surface area contributed by atoms with Crippen LogP contribution >= 0.6 is 11.6 Å². The molecule has 1 aromatic rings. The highest BCUT2D eigenvalue weighted by Gasteiger charge is 2.20. The summed E-state index contributed by atoms with van der Waals surface area (Å²) in [6.07, 6.45) is -0.187. The van der Waals surface area contributed by atoms with Crippen LogP contribution in [0, 0.1) is 21.8 Å². The summed E-state index contributed by atoms with van der Waals surface area (Å²) in [5.74, 6) is -0.454. The van der Waals surface area contributed by atoms with Crippen LogP contribution in [0.1, 0.15) is 25.8 Å². The van der Waals surface area contributed by atoms with Crippen molar-refractivity contribution in [1.82, 2.24) is 0 Å². The fraction of sp³-hybridized carbons (Fsp3) is 0.500. The molecule has 0 spiro atoms. The molecule has 1 unspecified atom stereocenters. The van der Waals surface area contributed by atoms with Crippen LogP contribution in [0.5, 0.6) is 0 Å². The summed E-state index contributed by atoms with van der Waals surface area (Å²) in [5, 5.41) is 20.3. The van der Waals surface area contributed by atoms with Crippen LogP contribution in [-0.4, -0.2) is 16.1 Å². The molecule has 1 aromatic carbocycles. The molecule has 0 aliphatic heterocycles. The molecule has 1 N–H and O–H groups in total. The molecule has 0 bridgehead atoms. The van der Waals surface area contributed by atoms with Crippen LogP contribution in [0.25, 0.3) is 0 Å². The van der Waals surface area contributed by atoms with Gasteiger partial charge in [-0.15, -0.1) is 0 Å². The highest BCUT2D eigenvalue weighted by atomic mass is 35.5. The van der Waals surface area contributed by atoms with Gasteiger partial charge in [0.2, 0.25) is 0 Å². The van der Waals surface area contributed by atoms with Crippen molar-refractivity contribution < 1.29 is 14.4 Å². The van der Waals surface area contributed by atoms with E-state index in [9.17, 15) is 19.6 Å². The minimum absolute atomic E-state index is 0.0442. The average Bonchev–Trinajstić information content (AvgIpc) is 2.21. The molecule has 1 rings (SSSR count). The molecule has 0 amide bonds. The summed E-state index contributed by atoms with van der Waals surface area (Å²) in [4.78, 5) is 10.2. The van der Waals surface area contributed by atoms with Crippen molar-refractivity contribution >= 4 is 17.3 Å². The molecule has 0 aromatic heterocycles. The number of nitro groups is 1. The monoisotopic (exact) mass is 275 g/mol. The van der Waals surface area contributed by atoms with E-state index in [1.165, 1.54) is 0 Å². The van der Waals surface area contributed by atoms with Gasteiger partial charge in [-0.05, 0) is 18.4 Å². The summed E-state index contributed by atoms with van der Waals surface area (Å²) in [6, 6.07) is 2.00. The minimum Gasteiger partial charge on any atom is -0.393 e. The number of hydrogen-bond donors (Lipinski definition) is 1. The molecule has 1 atom stereocenters. The zero-order chi connectivity index (χ0) is 13.9. The summed E-state index contributed by atoms with van der Waals surface area (Å²) in [7, 11) is 0. The van der Waals surface area contributed by atoms with Crippen LogP contribution in [0.4, 0.5) is 10.1 Å². The fourth-order valence-corrected chi connectivity index (χ4v) is 1.95. The molecule has 4 nitrogen and oxygen atoms in total. The number of aliphatic hydroxyl groups is 1. The van der Waals surface area contributed by atoms with E-state index >= 15 is 0 Å². The minimum atomic E-state index is -0.732. The van der Waals surface area contributed by atoms with E-state index in [2.05, 4.69) is 0 Å². The predicted octanol–water partition coefficient (Wildman–Crippen LogP) is 3.34. The number of rotatable bonds is 5. The van der Waals surface area contributed by atoms with Gasteiger partial charge in [0.25, 0.3) is 5.69 Å². The molecular weight excluding hydrogens is 261 g/mol. The fourth-order valence-electron chi connectivity index (χ4n) is 1.79. The third kappa shape index (κ3) is 3.92. The Morgan fingerprint density at radius 3 is 2.61 bits per heavy atom. The molecule has 18 heavy (non-hydrogen) atoms. The van der Waals surface area contributed by atoms with Crippen molar-refractivity contribution in [2.24, 2.45) is 5.92 Å². The summed E-state index contributed by atoms with van der Waals surface area (Å²) >= 11 is 5.51. The van der Waals surface area contributed by atoms with Crippen molar-refractivity contribution in [3.8, 4) is 0 Å². The average molecular weight is 276 g/mol. The van der Waals surface area contributed by atoms with Crippen LogP contribution in [0.2, 0.25) is 5.02 Å². The SMILES string of the molecule is CC(C)CC(O)Cc1cc(F)c(Cl)cc1[N+](=O)[O-]. The molecule has 0 heterocycles. The van der Waals surface area contributed by atoms with Gasteiger partial charge in [0.15, 0.2) is 0 Å². The van der Waals surface area contributed by atoms with Crippen molar-refractivity contribution in [2.45, 2.75) is 32.8 Å². The summed E-state index contributed by atoms with van der Waals surface area (Å²) < 4.78 is 13.3. The van der Waals surface area contributed by atoms with Crippen LogP contribution < -0.4 is 0 Å². The second-order valence-corrected chi connectivity index (χ2v) is 5.05. The third-order valence-electron chi connectivity index (χ3n) is 2.52. The Morgan fingerprint density at radius 2 is 2.11 bits per heavy atom. The molecule has 100 valence electrons. The normalized spacial score (nSPS) is 12.8. The van der Waals surface area contributed by atoms with Crippen LogP contribution in [0.3, 0.4) is 0 Å². The lowest BCUT2D eigenvalue weighted by molar-refractivity contribution is -0.385. The first kappa shape index (κ1) is 14.9. The molecule has 6 heteroatoms. The quantitative estimate of drug-likeness (QED) is 0.662. The highest BCUT2D eigenvalue weighted by molar-refractivity contribution is 6.31. The maximum Gasteiger partial charge on any atom is 0.274 e. The molecule has 0 radical (unpaired) electrons. The summed E-state index contributed by atoms with van der Waals surface area (Å²) in [5.41, 5.74) is -0.0979. The molecule has 0 aliphatic rings. The molecule has 0 aliphatic carbocycles. The van der Waals surface area contributed by atoms with Gasteiger partial charge in [-0.3, -0.25) is 10.1 Å². The largest absolute Gasteiger partial charge is 0.393 e. The predicted molar refractivity (Wildman–Crippen MR) is 67.2 cm³/mol. The van der Waals surface area contributed by atoms with Gasteiger partial charge >= 0.3 is 0 Å². The van der Waals surface area contributed by atoms with Crippen molar-refractivity contribution in [3.05, 3.63) is 38.7 Å². The Morgan fingerprint density at radius 1 is 1.50 bits per heavy atom. The maximum absolute atomic E-state index is 13.3. The van der Waals surface area contributed by atoms with Gasteiger partial charge in [0.05, 0.1) is 16.0 Å². The van der Waals surface area contributed by atoms with Gasteiger partial charge in [-0.25, -0.2) is 4.39 Å². The van der Waals surface area contributed by atoms with Crippen LogP contribution in [-0.2, 0) is 6.42 Å². The Hall–Kier alpha value is -1.20. The zero-order valence-electron chi connectivity index (χ0n) is 10.2. The Kier molecular flexibility index (Phi) is 5.04. The van der Waals surface area contributed by atoms with Gasteiger partial charge in [0, 0.05) is 18.1 Å².